The molecule has 1 aromatic rings. The Morgan fingerprint density at radius 1 is 1.17 bits per heavy atom. The minimum absolute atomic E-state index is 0. The second-order valence-electron chi connectivity index (χ2n) is 6.18. The topological polar surface area (TPSA) is 66.3 Å². The molecule has 9 heteroatoms. The van der Waals surface area contributed by atoms with Crippen molar-refractivity contribution in [3.63, 3.8) is 0 Å². The van der Waals surface area contributed by atoms with Gasteiger partial charge in [0.2, 0.25) is 0 Å². The van der Waals surface area contributed by atoms with E-state index in [1.54, 1.807) is 0 Å². The highest BCUT2D eigenvalue weighted by Gasteiger charge is 2.27. The number of hydrogen-bond donors (Lipinski definition) is 1. The quantitative estimate of drug-likeness (QED) is 0.853. The van der Waals surface area contributed by atoms with Crippen LogP contribution in [0.2, 0.25) is 0 Å². The van der Waals surface area contributed by atoms with Crippen molar-refractivity contribution >= 4 is 30.7 Å². The Kier molecular flexibility index (Phi) is 8.42. The smallest absolute Gasteiger partial charge is 0.276 e. The van der Waals surface area contributed by atoms with Gasteiger partial charge in [-0.25, -0.2) is 4.68 Å². The highest BCUT2D eigenvalue weighted by Crippen LogP contribution is 2.21. The Hall–Kier alpha value is -0.890. The summed E-state index contributed by atoms with van der Waals surface area (Å²) in [6.07, 6.45) is 2.10. The molecule has 3 rings (SSSR count). The van der Waals surface area contributed by atoms with Gasteiger partial charge in [-0.3, -0.25) is 4.79 Å². The van der Waals surface area contributed by atoms with E-state index in [0.29, 0.717) is 11.7 Å². The third-order valence-electron chi connectivity index (χ3n) is 4.89. The summed E-state index contributed by atoms with van der Waals surface area (Å²) in [4.78, 5) is 17.0. The zero-order valence-electron chi connectivity index (χ0n) is 14.4. The lowest BCUT2D eigenvalue weighted by Crippen LogP contribution is -2.48. The highest BCUT2D eigenvalue weighted by atomic mass is 35.5. The minimum atomic E-state index is 0. The average molecular weight is 379 g/mol. The van der Waals surface area contributed by atoms with Crippen molar-refractivity contribution in [2.24, 2.45) is 0 Å². The van der Waals surface area contributed by atoms with Crippen molar-refractivity contribution in [2.75, 3.05) is 45.8 Å². The maximum absolute atomic E-state index is 12.7. The van der Waals surface area contributed by atoms with Crippen LogP contribution in [0.4, 0.5) is 0 Å². The summed E-state index contributed by atoms with van der Waals surface area (Å²) in [6.45, 7) is 10.7. The summed E-state index contributed by atoms with van der Waals surface area (Å²) in [6, 6.07) is 0.368. The molecule has 24 heavy (non-hydrogen) atoms. The summed E-state index contributed by atoms with van der Waals surface area (Å²) >= 11 is 0. The Morgan fingerprint density at radius 2 is 1.79 bits per heavy atom. The van der Waals surface area contributed by atoms with Crippen LogP contribution in [-0.2, 0) is 0 Å². The number of nitrogens with zero attached hydrogens (tertiary/aromatic N) is 5. The van der Waals surface area contributed by atoms with Crippen molar-refractivity contribution in [1.29, 1.82) is 0 Å². The molecule has 0 radical (unpaired) electrons. The van der Waals surface area contributed by atoms with Gasteiger partial charge in [0.05, 0.1) is 11.7 Å². The molecular weight excluding hydrogens is 351 g/mol. The second-order valence-corrected chi connectivity index (χ2v) is 6.18. The predicted octanol–water partition coefficient (Wildman–Crippen LogP) is 1.13. The number of hydrogen-bond acceptors (Lipinski definition) is 5. The third kappa shape index (κ3) is 4.39. The van der Waals surface area contributed by atoms with Crippen molar-refractivity contribution in [2.45, 2.75) is 32.7 Å². The van der Waals surface area contributed by atoms with Crippen LogP contribution in [0.25, 0.3) is 0 Å². The molecule has 2 aliphatic heterocycles. The fourth-order valence-electron chi connectivity index (χ4n) is 3.35. The zero-order valence-corrected chi connectivity index (χ0v) is 16.0. The first-order chi connectivity index (χ1) is 10.7. The van der Waals surface area contributed by atoms with E-state index in [4.69, 9.17) is 0 Å². The first-order valence-corrected chi connectivity index (χ1v) is 8.34. The van der Waals surface area contributed by atoms with Gasteiger partial charge in [0, 0.05) is 26.2 Å². The molecule has 1 aromatic heterocycles. The van der Waals surface area contributed by atoms with Crippen LogP contribution in [0.3, 0.4) is 0 Å². The molecule has 138 valence electrons. The number of amides is 1. The van der Waals surface area contributed by atoms with Crippen molar-refractivity contribution < 1.29 is 4.79 Å². The molecule has 2 aliphatic rings. The van der Waals surface area contributed by atoms with Gasteiger partial charge in [-0.1, -0.05) is 12.1 Å². The first-order valence-electron chi connectivity index (χ1n) is 8.34. The zero-order chi connectivity index (χ0) is 15.5. The van der Waals surface area contributed by atoms with E-state index in [0.717, 1.165) is 64.3 Å². The molecular formula is C15H28Cl2N6O. The van der Waals surface area contributed by atoms with Crippen molar-refractivity contribution in [3.05, 3.63) is 11.4 Å². The van der Waals surface area contributed by atoms with Crippen molar-refractivity contribution in [1.82, 2.24) is 30.1 Å². The first kappa shape index (κ1) is 21.2. The normalized spacial score (nSPS) is 19.5. The summed E-state index contributed by atoms with van der Waals surface area (Å²) < 4.78 is 1.95. The number of rotatable bonds is 3. The largest absolute Gasteiger partial charge is 0.335 e. The van der Waals surface area contributed by atoms with E-state index in [9.17, 15) is 4.79 Å². The molecule has 0 spiro atoms. The molecule has 0 unspecified atom stereocenters. The van der Waals surface area contributed by atoms with Gasteiger partial charge in [-0.05, 0) is 39.4 Å². The fraction of sp³-hybridized carbons (Fsp3) is 0.800. The summed E-state index contributed by atoms with van der Waals surface area (Å²) in [5.41, 5.74) is 1.44. The molecule has 2 fully saturated rings. The molecule has 0 aliphatic carbocycles. The molecule has 0 saturated carbocycles. The summed E-state index contributed by atoms with van der Waals surface area (Å²) in [7, 11) is 0. The van der Waals surface area contributed by atoms with Gasteiger partial charge in [0.15, 0.2) is 5.69 Å². The van der Waals surface area contributed by atoms with E-state index in [-0.39, 0.29) is 30.7 Å². The molecule has 0 aromatic carbocycles. The Morgan fingerprint density at radius 3 is 2.38 bits per heavy atom. The fourth-order valence-corrected chi connectivity index (χ4v) is 3.35. The lowest BCUT2D eigenvalue weighted by atomic mass is 10.1. The monoisotopic (exact) mass is 378 g/mol. The Labute approximate surface area is 155 Å². The highest BCUT2D eigenvalue weighted by molar-refractivity contribution is 5.93. The van der Waals surface area contributed by atoms with E-state index < -0.39 is 0 Å². The van der Waals surface area contributed by atoms with Crippen LogP contribution >= 0.6 is 24.8 Å². The Bertz CT molecular complexity index is 524. The van der Waals surface area contributed by atoms with Crippen LogP contribution in [0.5, 0.6) is 0 Å². The molecule has 0 bridgehead atoms. The van der Waals surface area contributed by atoms with Crippen LogP contribution < -0.4 is 5.32 Å². The third-order valence-corrected chi connectivity index (χ3v) is 4.89. The molecule has 3 heterocycles. The van der Waals surface area contributed by atoms with E-state index in [2.05, 4.69) is 27.5 Å². The van der Waals surface area contributed by atoms with E-state index in [1.165, 1.54) is 0 Å². The standard InChI is InChI=1S/C15H26N6O.2ClH/c1-3-19-8-10-20(11-9-19)15(22)14-12(2)21(18-17-14)13-4-6-16-7-5-13;;/h13,16H,3-11H2,1-2H3;2*1H. The molecule has 2 saturated heterocycles. The lowest BCUT2D eigenvalue weighted by molar-refractivity contribution is 0.0636. The Balaban J connectivity index is 0.00000144. The van der Waals surface area contributed by atoms with Gasteiger partial charge in [0.25, 0.3) is 5.91 Å². The van der Waals surface area contributed by atoms with E-state index >= 15 is 0 Å². The number of piperazine rings is 1. The SMILES string of the molecule is CCN1CCN(C(=O)c2nnn(C3CCNCC3)c2C)CC1.Cl.Cl. The lowest BCUT2D eigenvalue weighted by Gasteiger charge is -2.33. The average Bonchev–Trinajstić information content (AvgIpc) is 2.96. The van der Waals surface area contributed by atoms with Gasteiger partial charge < -0.3 is 15.1 Å². The number of carbonyl (C=O) groups is 1. The number of halogens is 2. The maximum atomic E-state index is 12.7. The molecule has 0 atom stereocenters. The summed E-state index contributed by atoms with van der Waals surface area (Å²) in [5.74, 6) is 0.0356. The number of aromatic nitrogens is 3. The van der Waals surface area contributed by atoms with Gasteiger partial charge in [-0.15, -0.1) is 29.9 Å². The molecule has 1 N–H and O–H groups in total. The van der Waals surface area contributed by atoms with Crippen molar-refractivity contribution in [3.8, 4) is 0 Å². The van der Waals surface area contributed by atoms with Crippen LogP contribution in [0.1, 0.15) is 42.0 Å². The van der Waals surface area contributed by atoms with Crippen LogP contribution in [0, 0.1) is 6.92 Å². The van der Waals surface area contributed by atoms with E-state index in [1.807, 2.05) is 16.5 Å². The molecule has 7 nitrogen and oxygen atoms in total. The number of likely N-dealkylation sites (N-methyl/N-ethyl adjacent to an activating group) is 1. The maximum Gasteiger partial charge on any atom is 0.276 e. The van der Waals surface area contributed by atoms with Gasteiger partial charge >= 0.3 is 0 Å². The second kappa shape index (κ2) is 9.56. The minimum Gasteiger partial charge on any atom is -0.335 e. The van der Waals surface area contributed by atoms with Gasteiger partial charge in [0.1, 0.15) is 0 Å². The van der Waals surface area contributed by atoms with Crippen LogP contribution in [-0.4, -0.2) is 76.5 Å². The number of nitrogens with one attached hydrogen (secondary N) is 1. The number of carbonyl (C=O) groups excluding carboxylic acids is 1. The predicted molar refractivity (Wildman–Crippen MR) is 98.4 cm³/mol. The molecule has 1 amide bonds. The number of piperidine rings is 1. The summed E-state index contributed by atoms with van der Waals surface area (Å²) in [5, 5.41) is 11.8. The van der Waals surface area contributed by atoms with Gasteiger partial charge in [-0.2, -0.15) is 0 Å². The van der Waals surface area contributed by atoms with Crippen LogP contribution in [0.15, 0.2) is 0 Å².